The quantitative estimate of drug-likeness (QED) is 0.240. The van der Waals surface area contributed by atoms with Gasteiger partial charge in [0.1, 0.15) is 5.60 Å². The fraction of sp³-hybridized carbons (Fsp3) is 0.452. The van der Waals surface area contributed by atoms with Crippen molar-refractivity contribution in [1.29, 1.82) is 0 Å². The Balaban J connectivity index is 1.42. The second-order valence-corrected chi connectivity index (χ2v) is 11.1. The molecule has 214 valence electrons. The molecule has 9 nitrogen and oxygen atoms in total. The van der Waals surface area contributed by atoms with Crippen molar-refractivity contribution in [2.45, 2.75) is 70.9 Å². The third-order valence-electron chi connectivity index (χ3n) is 6.69. The van der Waals surface area contributed by atoms with E-state index < -0.39 is 18.1 Å². The Kier molecular flexibility index (Phi) is 10.1. The summed E-state index contributed by atoms with van der Waals surface area (Å²) >= 11 is 0. The van der Waals surface area contributed by atoms with Gasteiger partial charge in [-0.15, -0.1) is 0 Å². The number of nitrogens with zero attached hydrogens (tertiary/aromatic N) is 3. The number of ether oxygens (including phenoxy) is 3. The van der Waals surface area contributed by atoms with Crippen LogP contribution in [-0.2, 0) is 32.2 Å². The van der Waals surface area contributed by atoms with Gasteiger partial charge < -0.3 is 24.8 Å². The summed E-state index contributed by atoms with van der Waals surface area (Å²) in [6, 6.07) is 19.5. The highest BCUT2D eigenvalue weighted by atomic mass is 16.8. The molecule has 2 aromatic rings. The van der Waals surface area contributed by atoms with Crippen molar-refractivity contribution >= 4 is 18.1 Å². The van der Waals surface area contributed by atoms with E-state index in [2.05, 4.69) is 4.99 Å². The number of carbonyl (C=O) groups excluding carboxylic acids is 2. The lowest BCUT2D eigenvalue weighted by atomic mass is 10.1. The molecule has 2 heterocycles. The van der Waals surface area contributed by atoms with Gasteiger partial charge in [0.25, 0.3) is 0 Å². The third-order valence-corrected chi connectivity index (χ3v) is 6.69. The number of epoxide rings is 1. The van der Waals surface area contributed by atoms with Gasteiger partial charge in [-0.3, -0.25) is 14.7 Å². The monoisotopic (exact) mass is 548 g/mol. The molecule has 3 atom stereocenters. The number of nitrogens with two attached hydrogens (primary N) is 1. The Morgan fingerprint density at radius 1 is 1.10 bits per heavy atom. The Morgan fingerprint density at radius 2 is 1.77 bits per heavy atom. The maximum Gasteiger partial charge on any atom is 0.410 e. The van der Waals surface area contributed by atoms with E-state index in [0.29, 0.717) is 31.8 Å². The number of Topliss-reactive ketones (excluding diaryl/α,β-unsaturated/α-hetero) is 1. The van der Waals surface area contributed by atoms with E-state index in [1.807, 2.05) is 86.3 Å². The van der Waals surface area contributed by atoms with Crippen molar-refractivity contribution in [3.05, 3.63) is 83.6 Å². The summed E-state index contributed by atoms with van der Waals surface area (Å²) in [4.78, 5) is 34.3. The van der Waals surface area contributed by atoms with Crippen molar-refractivity contribution in [2.24, 2.45) is 10.7 Å². The summed E-state index contributed by atoms with van der Waals surface area (Å²) < 4.78 is 17.5. The van der Waals surface area contributed by atoms with Crippen LogP contribution in [0.15, 0.2) is 77.4 Å². The smallest absolute Gasteiger partial charge is 0.410 e. The molecule has 2 saturated heterocycles. The fourth-order valence-electron chi connectivity index (χ4n) is 4.66. The highest BCUT2D eigenvalue weighted by molar-refractivity contribution is 6.14. The number of benzene rings is 2. The molecule has 2 unspecified atom stereocenters. The number of hydrogen-bond acceptors (Lipinski definition) is 8. The molecule has 2 aliphatic rings. The summed E-state index contributed by atoms with van der Waals surface area (Å²) in [6.45, 7) is 7.52. The predicted molar refractivity (Wildman–Crippen MR) is 153 cm³/mol. The van der Waals surface area contributed by atoms with Gasteiger partial charge in [-0.05, 0) is 44.7 Å². The SMILES string of the molecule is CC(C)(C)OC(=O)N1CCC[C@H]1CN(CC(=O)/C(C=NCc1ccccc1)=C/N)C1OC1OCc1ccccc1. The summed E-state index contributed by atoms with van der Waals surface area (Å²) in [7, 11) is 0. The van der Waals surface area contributed by atoms with Crippen LogP contribution in [-0.4, -0.2) is 71.7 Å². The van der Waals surface area contributed by atoms with Crippen LogP contribution in [0.2, 0.25) is 0 Å². The topological polar surface area (TPSA) is 110 Å². The largest absolute Gasteiger partial charge is 0.444 e. The van der Waals surface area contributed by atoms with Gasteiger partial charge in [-0.2, -0.15) is 0 Å². The first kappa shape index (κ1) is 29.5. The molecule has 0 aliphatic carbocycles. The average Bonchev–Trinajstić information content (AvgIpc) is 3.56. The average molecular weight is 549 g/mol. The van der Waals surface area contributed by atoms with Gasteiger partial charge in [0, 0.05) is 31.5 Å². The number of rotatable bonds is 12. The molecule has 2 fully saturated rings. The molecule has 0 bridgehead atoms. The van der Waals surface area contributed by atoms with E-state index >= 15 is 0 Å². The number of hydrogen-bond donors (Lipinski definition) is 1. The van der Waals surface area contributed by atoms with Gasteiger partial charge >= 0.3 is 6.09 Å². The zero-order valence-electron chi connectivity index (χ0n) is 23.6. The predicted octanol–water partition coefficient (Wildman–Crippen LogP) is 4.27. The second kappa shape index (κ2) is 13.7. The maximum atomic E-state index is 13.3. The first-order chi connectivity index (χ1) is 19.2. The number of aliphatic imine (C=N–C) groups is 1. The molecule has 0 saturated carbocycles. The minimum Gasteiger partial charge on any atom is -0.444 e. The van der Waals surface area contributed by atoms with Crippen molar-refractivity contribution < 1.29 is 23.8 Å². The van der Waals surface area contributed by atoms with Crippen LogP contribution < -0.4 is 5.73 Å². The summed E-state index contributed by atoms with van der Waals surface area (Å²) in [5, 5.41) is 0. The van der Waals surface area contributed by atoms with Crippen LogP contribution in [0.5, 0.6) is 0 Å². The maximum absolute atomic E-state index is 13.3. The number of ketones is 1. The summed E-state index contributed by atoms with van der Waals surface area (Å²) in [6.07, 6.45) is 3.26. The lowest BCUT2D eigenvalue weighted by molar-refractivity contribution is -0.116. The Bertz CT molecular complexity index is 1180. The lowest BCUT2D eigenvalue weighted by Crippen LogP contribution is -2.47. The molecule has 1 amide bonds. The molecule has 40 heavy (non-hydrogen) atoms. The minimum atomic E-state index is -0.588. The zero-order valence-corrected chi connectivity index (χ0v) is 23.6. The number of carbonyl (C=O) groups is 2. The van der Waals surface area contributed by atoms with E-state index in [9.17, 15) is 9.59 Å². The van der Waals surface area contributed by atoms with Crippen LogP contribution in [0.1, 0.15) is 44.7 Å². The molecule has 0 radical (unpaired) electrons. The summed E-state index contributed by atoms with van der Waals surface area (Å²) in [5.74, 6) is -0.182. The Morgan fingerprint density at radius 3 is 2.42 bits per heavy atom. The van der Waals surface area contributed by atoms with Gasteiger partial charge in [-0.25, -0.2) is 4.79 Å². The Hall–Kier alpha value is -3.53. The van der Waals surface area contributed by atoms with E-state index in [0.717, 1.165) is 24.0 Å². The van der Waals surface area contributed by atoms with E-state index in [-0.39, 0.29) is 24.5 Å². The van der Waals surface area contributed by atoms with Crippen molar-refractivity contribution in [2.75, 3.05) is 19.6 Å². The molecular formula is C31H40N4O5. The van der Waals surface area contributed by atoms with Crippen LogP contribution in [0.25, 0.3) is 0 Å². The van der Waals surface area contributed by atoms with Crippen molar-refractivity contribution in [3.8, 4) is 0 Å². The number of likely N-dealkylation sites (tertiary alicyclic amines) is 1. The molecule has 2 aliphatic heterocycles. The first-order valence-corrected chi connectivity index (χ1v) is 13.8. The van der Waals surface area contributed by atoms with Crippen LogP contribution >= 0.6 is 0 Å². The van der Waals surface area contributed by atoms with Gasteiger partial charge in [-0.1, -0.05) is 60.7 Å². The first-order valence-electron chi connectivity index (χ1n) is 13.8. The van der Waals surface area contributed by atoms with Crippen LogP contribution in [0, 0.1) is 0 Å². The van der Waals surface area contributed by atoms with E-state index in [1.54, 1.807) is 4.90 Å². The van der Waals surface area contributed by atoms with Crippen LogP contribution in [0.4, 0.5) is 4.79 Å². The highest BCUT2D eigenvalue weighted by Crippen LogP contribution is 2.31. The minimum absolute atomic E-state index is 0.0505. The molecule has 2 N–H and O–H groups in total. The number of amides is 1. The molecule has 0 spiro atoms. The molecule has 0 aromatic heterocycles. The second-order valence-electron chi connectivity index (χ2n) is 11.1. The van der Waals surface area contributed by atoms with E-state index in [4.69, 9.17) is 19.9 Å². The zero-order chi connectivity index (χ0) is 28.5. The van der Waals surface area contributed by atoms with Crippen LogP contribution in [0.3, 0.4) is 0 Å². The highest BCUT2D eigenvalue weighted by Gasteiger charge is 2.47. The normalized spacial score (nSPS) is 21.2. The molecule has 9 heteroatoms. The van der Waals surface area contributed by atoms with Gasteiger partial charge in [0.2, 0.25) is 0 Å². The van der Waals surface area contributed by atoms with Crippen molar-refractivity contribution in [1.82, 2.24) is 9.80 Å². The molecular weight excluding hydrogens is 508 g/mol. The third kappa shape index (κ3) is 8.74. The molecule has 2 aromatic carbocycles. The van der Waals surface area contributed by atoms with Gasteiger partial charge in [0.05, 0.1) is 25.3 Å². The summed E-state index contributed by atoms with van der Waals surface area (Å²) in [5.41, 5.74) is 7.63. The Labute approximate surface area is 236 Å². The molecule has 4 rings (SSSR count). The van der Waals surface area contributed by atoms with E-state index in [1.165, 1.54) is 12.4 Å². The standard InChI is InChI=1S/C31H40N4O5/c1-31(2,3)40-30(37)35-16-10-15-26(35)20-34(28-29(39-28)38-22-24-13-8-5-9-14-24)21-27(36)25(17-32)19-33-18-23-11-6-4-7-12-23/h4-9,11-14,17,19,26,28-29H,10,15-16,18,20-22,32H2,1-3H3/b25-17+,33-19?/t26-,28?,29?/m0/s1. The fourth-order valence-corrected chi connectivity index (χ4v) is 4.66. The van der Waals surface area contributed by atoms with Crippen molar-refractivity contribution in [3.63, 3.8) is 0 Å². The lowest BCUT2D eigenvalue weighted by Gasteiger charge is -2.31. The van der Waals surface area contributed by atoms with Gasteiger partial charge in [0.15, 0.2) is 18.3 Å².